The van der Waals surface area contributed by atoms with E-state index in [2.05, 4.69) is 15.2 Å². The number of sulfone groups is 1. The smallest absolute Gasteiger partial charge is 0.248 e. The molecular formula is C26H26N6O3S. The fourth-order valence-corrected chi connectivity index (χ4v) is 4.15. The minimum absolute atomic E-state index is 0.378. The quantitative estimate of drug-likeness (QED) is 0.392. The molecule has 2 heterocycles. The van der Waals surface area contributed by atoms with Gasteiger partial charge < -0.3 is 10.3 Å². The number of carbonyl (C=O) groups excluding carboxylic acids is 1. The molecule has 0 aliphatic rings. The standard InChI is InChI=1S/C18H16N6O.C8H10O2S/c1-12-16(22-24(21-12)14-5-3-2-4-6-14)10-23-11-20-15-9-13(18(19)25)7-8-17(15)23;1-7-3-5-8(6-4-7)11(2,9)10/h2-9,11H,10H2,1H3,(H2,19,25);3-6H,1-2H3. The number of hydrogen-bond acceptors (Lipinski definition) is 6. The number of carbonyl (C=O) groups is 1. The molecule has 0 saturated heterocycles. The van der Waals surface area contributed by atoms with Crippen LogP contribution in [-0.4, -0.2) is 45.1 Å². The Bertz CT molecular complexity index is 1620. The Hall–Kier alpha value is -4.31. The van der Waals surface area contributed by atoms with Gasteiger partial charge in [0, 0.05) is 11.8 Å². The van der Waals surface area contributed by atoms with Crippen LogP contribution in [0.3, 0.4) is 0 Å². The van der Waals surface area contributed by atoms with E-state index in [0.717, 1.165) is 33.7 Å². The van der Waals surface area contributed by atoms with Crippen molar-refractivity contribution in [2.45, 2.75) is 25.3 Å². The van der Waals surface area contributed by atoms with E-state index in [1.807, 2.05) is 54.8 Å². The number of nitrogens with two attached hydrogens (primary N) is 1. The van der Waals surface area contributed by atoms with Crippen molar-refractivity contribution in [1.82, 2.24) is 24.5 Å². The van der Waals surface area contributed by atoms with Crippen molar-refractivity contribution in [3.63, 3.8) is 0 Å². The van der Waals surface area contributed by atoms with Gasteiger partial charge in [-0.2, -0.15) is 15.0 Å². The lowest BCUT2D eigenvalue weighted by Gasteiger charge is -2.03. The molecule has 5 aromatic rings. The van der Waals surface area contributed by atoms with E-state index in [0.29, 0.717) is 17.0 Å². The molecule has 0 unspecified atom stereocenters. The Kier molecular flexibility index (Phi) is 6.98. The number of hydrogen-bond donors (Lipinski definition) is 1. The minimum atomic E-state index is -3.02. The van der Waals surface area contributed by atoms with Crippen LogP contribution in [0.5, 0.6) is 0 Å². The van der Waals surface area contributed by atoms with E-state index in [9.17, 15) is 13.2 Å². The normalized spacial score (nSPS) is 11.2. The number of amides is 1. The van der Waals surface area contributed by atoms with Crippen molar-refractivity contribution in [2.24, 2.45) is 5.73 Å². The van der Waals surface area contributed by atoms with Gasteiger partial charge >= 0.3 is 0 Å². The van der Waals surface area contributed by atoms with Gasteiger partial charge in [0.15, 0.2) is 9.84 Å². The third-order valence-corrected chi connectivity index (χ3v) is 6.67. The predicted molar refractivity (Wildman–Crippen MR) is 138 cm³/mol. The topological polar surface area (TPSA) is 126 Å². The molecule has 36 heavy (non-hydrogen) atoms. The first-order valence-corrected chi connectivity index (χ1v) is 13.0. The number of fused-ring (bicyclic) bond motifs is 1. The van der Waals surface area contributed by atoms with E-state index in [-0.39, 0.29) is 0 Å². The second-order valence-electron chi connectivity index (χ2n) is 8.38. The highest BCUT2D eigenvalue weighted by molar-refractivity contribution is 7.90. The van der Waals surface area contributed by atoms with Crippen molar-refractivity contribution < 1.29 is 13.2 Å². The zero-order valence-electron chi connectivity index (χ0n) is 20.2. The second kappa shape index (κ2) is 10.1. The summed E-state index contributed by atoms with van der Waals surface area (Å²) in [5, 5.41) is 9.08. The van der Waals surface area contributed by atoms with Gasteiger partial charge in [0.1, 0.15) is 5.69 Å². The van der Waals surface area contributed by atoms with Crippen molar-refractivity contribution in [1.29, 1.82) is 0 Å². The van der Waals surface area contributed by atoms with Crippen molar-refractivity contribution in [2.75, 3.05) is 6.26 Å². The van der Waals surface area contributed by atoms with Crippen molar-refractivity contribution in [3.8, 4) is 5.69 Å². The number of benzene rings is 3. The van der Waals surface area contributed by atoms with Gasteiger partial charge in [0.2, 0.25) is 5.91 Å². The van der Waals surface area contributed by atoms with Crippen LogP contribution in [0.4, 0.5) is 0 Å². The van der Waals surface area contributed by atoms with Crippen molar-refractivity contribution in [3.05, 3.63) is 102 Å². The summed E-state index contributed by atoms with van der Waals surface area (Å²) in [6, 6.07) is 21.8. The first-order valence-electron chi connectivity index (χ1n) is 11.1. The van der Waals surface area contributed by atoms with Gasteiger partial charge in [-0.1, -0.05) is 35.9 Å². The highest BCUT2D eigenvalue weighted by Gasteiger charge is 2.12. The van der Waals surface area contributed by atoms with Gasteiger partial charge in [-0.25, -0.2) is 13.4 Å². The van der Waals surface area contributed by atoms with Gasteiger partial charge in [-0.3, -0.25) is 4.79 Å². The molecule has 1 amide bonds. The monoisotopic (exact) mass is 502 g/mol. The number of primary amides is 1. The number of rotatable bonds is 5. The summed E-state index contributed by atoms with van der Waals surface area (Å²) in [7, 11) is -3.02. The number of imidazole rings is 1. The molecule has 0 spiro atoms. The highest BCUT2D eigenvalue weighted by atomic mass is 32.2. The molecule has 0 radical (unpaired) electrons. The van der Waals surface area contributed by atoms with Crippen LogP contribution in [0.25, 0.3) is 16.7 Å². The molecule has 0 aliphatic heterocycles. The van der Waals surface area contributed by atoms with Crippen LogP contribution in [0.2, 0.25) is 0 Å². The maximum absolute atomic E-state index is 11.3. The first-order chi connectivity index (χ1) is 17.1. The summed E-state index contributed by atoms with van der Waals surface area (Å²) in [5.74, 6) is -0.460. The van der Waals surface area contributed by atoms with E-state index in [4.69, 9.17) is 5.73 Å². The molecule has 9 nitrogen and oxygen atoms in total. The summed E-state index contributed by atoms with van der Waals surface area (Å²) >= 11 is 0. The predicted octanol–water partition coefficient (Wildman–Crippen LogP) is 3.47. The lowest BCUT2D eigenvalue weighted by atomic mass is 10.2. The summed E-state index contributed by atoms with van der Waals surface area (Å²) in [4.78, 5) is 17.7. The molecule has 2 aromatic heterocycles. The molecule has 184 valence electrons. The molecule has 0 atom stereocenters. The number of aromatic nitrogens is 5. The molecule has 2 N–H and O–H groups in total. The van der Waals surface area contributed by atoms with Gasteiger partial charge in [-0.15, -0.1) is 0 Å². The lowest BCUT2D eigenvalue weighted by Crippen LogP contribution is -2.10. The maximum Gasteiger partial charge on any atom is 0.248 e. The Morgan fingerprint density at radius 3 is 2.28 bits per heavy atom. The molecule has 3 aromatic carbocycles. The minimum Gasteiger partial charge on any atom is -0.366 e. The Morgan fingerprint density at radius 2 is 1.64 bits per heavy atom. The zero-order chi connectivity index (χ0) is 25.9. The van der Waals surface area contributed by atoms with E-state index in [1.54, 1.807) is 47.5 Å². The van der Waals surface area contributed by atoms with Gasteiger partial charge in [0.05, 0.1) is 40.2 Å². The van der Waals surface area contributed by atoms with Crippen LogP contribution in [0.15, 0.2) is 84.0 Å². The Balaban J connectivity index is 0.000000233. The summed E-state index contributed by atoms with van der Waals surface area (Å²) in [6.45, 7) is 4.41. The average Bonchev–Trinajstić information content (AvgIpc) is 3.43. The third kappa shape index (κ3) is 5.66. The average molecular weight is 503 g/mol. The molecule has 0 fully saturated rings. The molecule has 10 heteroatoms. The highest BCUT2D eigenvalue weighted by Crippen LogP contribution is 2.17. The lowest BCUT2D eigenvalue weighted by molar-refractivity contribution is 0.100. The Morgan fingerprint density at radius 1 is 0.944 bits per heavy atom. The van der Waals surface area contributed by atoms with Crippen LogP contribution in [0, 0.1) is 13.8 Å². The maximum atomic E-state index is 11.3. The molecule has 5 rings (SSSR count). The Labute approximate surface area is 209 Å². The van der Waals surface area contributed by atoms with Gasteiger partial charge in [0.25, 0.3) is 0 Å². The SMILES string of the molecule is Cc1ccc(S(C)(=O)=O)cc1.Cc1nn(-c2ccccc2)nc1Cn1cnc2cc(C(N)=O)ccc21. The fraction of sp³-hybridized carbons (Fsp3) is 0.154. The number of para-hydroxylation sites is 1. The zero-order valence-corrected chi connectivity index (χ0v) is 21.0. The third-order valence-electron chi connectivity index (χ3n) is 5.54. The molecule has 0 aliphatic carbocycles. The second-order valence-corrected chi connectivity index (χ2v) is 10.4. The summed E-state index contributed by atoms with van der Waals surface area (Å²) < 4.78 is 23.9. The van der Waals surface area contributed by atoms with E-state index >= 15 is 0 Å². The fourth-order valence-electron chi connectivity index (χ4n) is 3.52. The molecule has 0 saturated carbocycles. The number of nitrogens with zero attached hydrogens (tertiary/aromatic N) is 5. The first kappa shape index (κ1) is 24.8. The van der Waals surface area contributed by atoms with E-state index in [1.165, 1.54) is 6.26 Å². The summed E-state index contributed by atoms with van der Waals surface area (Å²) in [5.41, 5.74) is 11.1. The van der Waals surface area contributed by atoms with Crippen LogP contribution >= 0.6 is 0 Å². The summed E-state index contributed by atoms with van der Waals surface area (Å²) in [6.07, 6.45) is 2.94. The number of aryl methyl sites for hydroxylation is 2. The van der Waals surface area contributed by atoms with Gasteiger partial charge in [-0.05, 0) is 56.3 Å². The van der Waals surface area contributed by atoms with Crippen molar-refractivity contribution >= 4 is 26.8 Å². The van der Waals surface area contributed by atoms with Crippen LogP contribution in [-0.2, 0) is 16.4 Å². The molecular weight excluding hydrogens is 476 g/mol. The van der Waals surface area contributed by atoms with Crippen LogP contribution in [0.1, 0.15) is 27.3 Å². The largest absolute Gasteiger partial charge is 0.366 e. The van der Waals surface area contributed by atoms with E-state index < -0.39 is 15.7 Å². The molecule has 0 bridgehead atoms. The van der Waals surface area contributed by atoms with Crippen LogP contribution < -0.4 is 5.73 Å².